The molecule has 9 aromatic heterocycles. The first-order valence-electron chi connectivity index (χ1n) is 23.8. The van der Waals surface area contributed by atoms with Crippen LogP contribution in [0.5, 0.6) is 0 Å². The average molecular weight is 939 g/mol. The molecule has 0 spiro atoms. The van der Waals surface area contributed by atoms with Crippen molar-refractivity contribution in [3.8, 4) is 102 Å². The maximum Gasteiger partial charge on any atom is 0.0900 e. The van der Waals surface area contributed by atoms with Crippen molar-refractivity contribution in [1.82, 2.24) is 44.9 Å². The fourth-order valence-corrected chi connectivity index (χ4v) is 8.82. The number of pyridine rings is 9. The minimum absolute atomic E-state index is 0.770. The number of benzene rings is 3. The predicted octanol–water partition coefficient (Wildman–Crippen LogP) is 14.7. The fourth-order valence-electron chi connectivity index (χ4n) is 8.82. The van der Waals surface area contributed by atoms with E-state index in [0.29, 0.717) is 0 Å². The third-order valence-electron chi connectivity index (χ3n) is 12.4. The van der Waals surface area contributed by atoms with Gasteiger partial charge in [0.15, 0.2) is 0 Å². The van der Waals surface area contributed by atoms with Crippen molar-refractivity contribution < 1.29 is 0 Å². The smallest absolute Gasteiger partial charge is 0.0900 e. The average Bonchev–Trinajstić information content (AvgIpc) is 3.49. The van der Waals surface area contributed by atoms with Gasteiger partial charge in [-0.15, -0.1) is 0 Å². The van der Waals surface area contributed by atoms with Gasteiger partial charge in [0, 0.05) is 54.2 Å². The van der Waals surface area contributed by atoms with Crippen LogP contribution in [0.3, 0.4) is 0 Å². The highest BCUT2D eigenvalue weighted by Gasteiger charge is 2.18. The van der Waals surface area contributed by atoms with Gasteiger partial charge in [0.05, 0.1) is 68.3 Å². The maximum absolute atomic E-state index is 5.01. The molecule has 0 fully saturated rings. The van der Waals surface area contributed by atoms with Crippen LogP contribution in [-0.4, -0.2) is 44.9 Å². The van der Waals surface area contributed by atoms with Gasteiger partial charge in [-0.05, 0) is 179 Å². The molecule has 0 aliphatic carbocycles. The summed E-state index contributed by atoms with van der Waals surface area (Å²) in [5, 5.41) is 0. The van der Waals surface area contributed by atoms with Gasteiger partial charge in [-0.2, -0.15) is 0 Å². The molecule has 0 aliphatic heterocycles. The Labute approximate surface area is 422 Å². The Morgan fingerprint density at radius 1 is 0.192 bits per heavy atom. The van der Waals surface area contributed by atoms with Gasteiger partial charge in [0.25, 0.3) is 0 Å². The SMILES string of the molecule is c1ccc(-c2cc(-c3ccc(N(c4ccc(-c5cc(-c6ccccn6)nc(-c6ccccn6)c5)cc4)c4ccc(-c5cc(-c6ccccn6)nc(-c6ccccn6)c5)cc4)cc3)cc(-c3ccccn3)n2)nc1. The zero-order valence-electron chi connectivity index (χ0n) is 39.2. The molecule has 0 saturated heterocycles. The topological polar surface area (TPSA) is 119 Å². The van der Waals surface area contributed by atoms with Crippen LogP contribution in [0.1, 0.15) is 0 Å². The molecule has 9 heterocycles. The molecule has 344 valence electrons. The van der Waals surface area contributed by atoms with Crippen LogP contribution in [0.2, 0.25) is 0 Å². The van der Waals surface area contributed by atoms with Crippen molar-refractivity contribution in [2.45, 2.75) is 0 Å². The van der Waals surface area contributed by atoms with E-state index in [2.05, 4.69) is 144 Å². The van der Waals surface area contributed by atoms with Crippen LogP contribution in [0.4, 0.5) is 17.1 Å². The van der Waals surface area contributed by atoms with Gasteiger partial charge >= 0.3 is 0 Å². The first-order valence-corrected chi connectivity index (χ1v) is 23.8. The number of hydrogen-bond donors (Lipinski definition) is 0. The Morgan fingerprint density at radius 2 is 0.397 bits per heavy atom. The highest BCUT2D eigenvalue weighted by atomic mass is 15.1. The van der Waals surface area contributed by atoms with E-state index in [4.69, 9.17) is 15.0 Å². The van der Waals surface area contributed by atoms with Crippen molar-refractivity contribution >= 4 is 17.1 Å². The maximum atomic E-state index is 5.01. The van der Waals surface area contributed by atoms with E-state index in [1.165, 1.54) is 0 Å². The number of anilines is 3. The first-order chi connectivity index (χ1) is 36.1. The second-order valence-electron chi connectivity index (χ2n) is 17.1. The van der Waals surface area contributed by atoms with E-state index in [1.54, 1.807) is 37.2 Å². The van der Waals surface area contributed by atoms with Crippen LogP contribution in [-0.2, 0) is 0 Å². The van der Waals surface area contributed by atoms with Crippen molar-refractivity contribution in [3.05, 3.63) is 256 Å². The van der Waals surface area contributed by atoms with Crippen LogP contribution in [0, 0.1) is 0 Å². The van der Waals surface area contributed by atoms with E-state index in [-0.39, 0.29) is 0 Å². The molecule has 10 nitrogen and oxygen atoms in total. The lowest BCUT2D eigenvalue weighted by Gasteiger charge is -2.26. The van der Waals surface area contributed by atoms with Crippen LogP contribution in [0.25, 0.3) is 102 Å². The van der Waals surface area contributed by atoms with Gasteiger partial charge in [-0.25, -0.2) is 15.0 Å². The summed E-state index contributed by atoms with van der Waals surface area (Å²) < 4.78 is 0. The van der Waals surface area contributed by atoms with E-state index in [1.807, 2.05) is 109 Å². The van der Waals surface area contributed by atoms with Crippen LogP contribution < -0.4 is 4.90 Å². The number of nitrogens with zero attached hydrogens (tertiary/aromatic N) is 10. The summed E-state index contributed by atoms with van der Waals surface area (Å²) in [5.41, 5.74) is 18.4. The molecule has 0 saturated carbocycles. The molecule has 12 aromatic rings. The molecule has 0 amide bonds. The lowest BCUT2D eigenvalue weighted by atomic mass is 10.0. The van der Waals surface area contributed by atoms with Crippen molar-refractivity contribution in [2.24, 2.45) is 0 Å². The number of aromatic nitrogens is 9. The third-order valence-corrected chi connectivity index (χ3v) is 12.4. The molecule has 12 rings (SSSR count). The first kappa shape index (κ1) is 44.0. The normalized spacial score (nSPS) is 11.0. The molecule has 0 aliphatic rings. The van der Waals surface area contributed by atoms with Gasteiger partial charge in [0.2, 0.25) is 0 Å². The quantitative estimate of drug-likeness (QED) is 0.117. The van der Waals surface area contributed by atoms with Gasteiger partial charge in [0.1, 0.15) is 0 Å². The molecular weight excluding hydrogens is 897 g/mol. The molecular formula is C63H42N10. The fraction of sp³-hybridized carbons (Fsp3) is 0. The molecule has 0 bridgehead atoms. The van der Waals surface area contributed by atoms with E-state index >= 15 is 0 Å². The Morgan fingerprint density at radius 3 is 0.575 bits per heavy atom. The minimum Gasteiger partial charge on any atom is -0.311 e. The molecule has 3 aromatic carbocycles. The highest BCUT2D eigenvalue weighted by molar-refractivity contribution is 5.84. The molecule has 0 atom stereocenters. The standard InChI is InChI=1S/C63H42N10/c1-7-31-64-52(13-1)58-37-46(38-59(70-58)53-14-2-8-32-65-53)43-19-25-49(26-20-43)73(50-27-21-44(22-28-50)47-39-60(54-15-3-9-33-66-54)71-61(40-47)55-16-4-10-34-67-55)51-29-23-45(24-30-51)48-41-62(56-17-5-11-35-68-56)72-63(42-48)57-18-6-12-36-69-57/h1-42H. The van der Waals surface area contributed by atoms with Gasteiger partial charge < -0.3 is 4.90 Å². The minimum atomic E-state index is 0.770. The Balaban J connectivity index is 0.949. The Hall–Kier alpha value is -10.2. The second-order valence-corrected chi connectivity index (χ2v) is 17.1. The van der Waals surface area contributed by atoms with E-state index in [9.17, 15) is 0 Å². The summed E-state index contributed by atoms with van der Waals surface area (Å²) in [6, 6.07) is 73.7. The monoisotopic (exact) mass is 938 g/mol. The molecule has 73 heavy (non-hydrogen) atoms. The summed E-state index contributed by atoms with van der Waals surface area (Å²) in [6.45, 7) is 0. The van der Waals surface area contributed by atoms with Crippen LogP contribution >= 0.6 is 0 Å². The Bertz CT molecular complexity index is 3220. The summed E-state index contributed by atoms with van der Waals surface area (Å²) in [6.07, 6.45) is 10.7. The lowest BCUT2D eigenvalue weighted by molar-refractivity contribution is 1.22. The van der Waals surface area contributed by atoms with Crippen LogP contribution in [0.15, 0.2) is 256 Å². The molecule has 0 radical (unpaired) electrons. The van der Waals surface area contributed by atoms with Crippen molar-refractivity contribution in [2.75, 3.05) is 4.90 Å². The van der Waals surface area contributed by atoms with Gasteiger partial charge in [-0.3, -0.25) is 29.9 Å². The summed E-state index contributed by atoms with van der Waals surface area (Å²) >= 11 is 0. The summed E-state index contributed by atoms with van der Waals surface area (Å²) in [4.78, 5) is 45.1. The summed E-state index contributed by atoms with van der Waals surface area (Å²) in [7, 11) is 0. The predicted molar refractivity (Wildman–Crippen MR) is 290 cm³/mol. The third kappa shape index (κ3) is 9.59. The molecule has 0 N–H and O–H groups in total. The van der Waals surface area contributed by atoms with Gasteiger partial charge in [-0.1, -0.05) is 72.8 Å². The number of rotatable bonds is 12. The largest absolute Gasteiger partial charge is 0.311 e. The number of hydrogen-bond acceptors (Lipinski definition) is 10. The zero-order valence-corrected chi connectivity index (χ0v) is 39.2. The van der Waals surface area contributed by atoms with E-state index in [0.717, 1.165) is 119 Å². The van der Waals surface area contributed by atoms with E-state index < -0.39 is 0 Å². The molecule has 10 heteroatoms. The lowest BCUT2D eigenvalue weighted by Crippen LogP contribution is -2.09. The Kier molecular flexibility index (Phi) is 12.1. The summed E-state index contributed by atoms with van der Waals surface area (Å²) in [5.74, 6) is 0. The van der Waals surface area contributed by atoms with Crippen molar-refractivity contribution in [1.29, 1.82) is 0 Å². The highest BCUT2D eigenvalue weighted by Crippen LogP contribution is 2.40. The second kappa shape index (κ2) is 20.0. The zero-order chi connectivity index (χ0) is 48.8. The molecule has 0 unspecified atom stereocenters. The van der Waals surface area contributed by atoms with Crippen molar-refractivity contribution in [3.63, 3.8) is 0 Å².